The molecule has 0 fully saturated rings. The van der Waals surface area contributed by atoms with E-state index in [4.69, 9.17) is 4.74 Å². The second kappa shape index (κ2) is 10.9. The first-order chi connectivity index (χ1) is 13.8. The first-order valence-electron chi connectivity index (χ1n) is 9.57. The van der Waals surface area contributed by atoms with Crippen molar-refractivity contribution in [2.24, 2.45) is 7.05 Å². The molecule has 2 atom stereocenters. The van der Waals surface area contributed by atoms with Crippen molar-refractivity contribution >= 4 is 19.2 Å². The van der Waals surface area contributed by atoms with Gasteiger partial charge in [0.1, 0.15) is 12.6 Å². The van der Waals surface area contributed by atoms with Gasteiger partial charge in [-0.05, 0) is 37.6 Å². The number of benzene rings is 1. The molecule has 1 aromatic heterocycles. The molecule has 156 valence electrons. The highest BCUT2D eigenvalue weighted by atomic mass is 31.2. The highest BCUT2D eigenvalue weighted by Gasteiger charge is 2.26. The minimum atomic E-state index is -4.03. The van der Waals surface area contributed by atoms with Crippen molar-refractivity contribution in [3.8, 4) is 0 Å². The van der Waals surface area contributed by atoms with Crippen molar-refractivity contribution in [2.75, 3.05) is 12.8 Å². The van der Waals surface area contributed by atoms with E-state index in [1.807, 2.05) is 30.3 Å². The van der Waals surface area contributed by atoms with E-state index in [1.165, 1.54) is 0 Å². The zero-order chi connectivity index (χ0) is 21.3. The third kappa shape index (κ3) is 7.44. The van der Waals surface area contributed by atoms with Gasteiger partial charge in [-0.1, -0.05) is 30.3 Å². The molecule has 0 radical (unpaired) electrons. The number of amides is 1. The smallest absolute Gasteiger partial charge is 0.305 e. The lowest BCUT2D eigenvalue weighted by atomic mass is 10.2. The summed E-state index contributed by atoms with van der Waals surface area (Å²) in [4.78, 5) is 37.3. The van der Waals surface area contributed by atoms with Gasteiger partial charge in [-0.25, -0.2) is 4.57 Å². The Labute approximate surface area is 171 Å². The van der Waals surface area contributed by atoms with E-state index in [0.29, 0.717) is 12.0 Å². The van der Waals surface area contributed by atoms with Gasteiger partial charge in [-0.15, -0.1) is 0 Å². The molecule has 0 saturated carbocycles. The molecule has 1 aromatic carbocycles. The van der Waals surface area contributed by atoms with Gasteiger partial charge in [-0.2, -0.15) is 0 Å². The van der Waals surface area contributed by atoms with E-state index in [-0.39, 0.29) is 25.6 Å². The number of esters is 1. The zero-order valence-corrected chi connectivity index (χ0v) is 17.6. The maximum Gasteiger partial charge on any atom is 0.305 e. The molecule has 0 saturated heterocycles. The number of aromatic nitrogens is 1. The van der Waals surface area contributed by atoms with Crippen LogP contribution in [0.5, 0.6) is 0 Å². The second-order valence-electron chi connectivity index (χ2n) is 6.78. The van der Waals surface area contributed by atoms with Crippen LogP contribution in [0.2, 0.25) is 0 Å². The van der Waals surface area contributed by atoms with Crippen LogP contribution >= 0.6 is 7.37 Å². The summed E-state index contributed by atoms with van der Waals surface area (Å²) in [5, 5.41) is 2.60. The average molecular weight is 418 g/mol. The maximum absolute atomic E-state index is 13.0. The highest BCUT2D eigenvalue weighted by Crippen LogP contribution is 2.43. The quantitative estimate of drug-likeness (QED) is 0.360. The number of aryl methyl sites for hydroxylation is 2. The van der Waals surface area contributed by atoms with Crippen LogP contribution in [0.3, 0.4) is 0 Å². The number of pyridine rings is 1. The van der Waals surface area contributed by atoms with Gasteiger partial charge in [0.25, 0.3) is 5.91 Å². The number of carbonyl (C=O) groups is 2. The van der Waals surface area contributed by atoms with E-state index < -0.39 is 25.0 Å². The van der Waals surface area contributed by atoms with Crippen LogP contribution in [0.1, 0.15) is 35.7 Å². The van der Waals surface area contributed by atoms with E-state index >= 15 is 0 Å². The fourth-order valence-corrected chi connectivity index (χ4v) is 4.62. The summed E-state index contributed by atoms with van der Waals surface area (Å²) < 4.78 is 19.6. The largest absolute Gasteiger partial charge is 0.798 e. The molecule has 2 rings (SSSR count). The molecule has 0 aliphatic heterocycles. The van der Waals surface area contributed by atoms with Gasteiger partial charge < -0.3 is 19.5 Å². The van der Waals surface area contributed by atoms with Crippen molar-refractivity contribution in [3.63, 3.8) is 0 Å². The minimum absolute atomic E-state index is 0.0287. The first-order valence-corrected chi connectivity index (χ1v) is 11.4. The Kier molecular flexibility index (Phi) is 8.55. The molecule has 0 aliphatic carbocycles. The summed E-state index contributed by atoms with van der Waals surface area (Å²) in [6, 6.07) is 12.6. The van der Waals surface area contributed by atoms with Crippen LogP contribution in [-0.4, -0.2) is 30.4 Å². The normalized spacial score (nSPS) is 13.9. The Bertz CT molecular complexity index is 872. The SMILES string of the molecule is CCOC(=O)CCC(NC(=O)c1ccc[n+](C)c1)P(=O)([O-])CCc1ccccc1. The third-order valence-corrected chi connectivity index (χ3v) is 6.64. The Balaban J connectivity index is 2.12. The van der Waals surface area contributed by atoms with Gasteiger partial charge in [0, 0.05) is 19.9 Å². The zero-order valence-electron chi connectivity index (χ0n) is 16.7. The number of carbonyl (C=O) groups excluding carboxylic acids is 2. The Morgan fingerprint density at radius 1 is 1.21 bits per heavy atom. The van der Waals surface area contributed by atoms with Crippen molar-refractivity contribution in [3.05, 3.63) is 66.0 Å². The van der Waals surface area contributed by atoms with Crippen LogP contribution in [0.4, 0.5) is 0 Å². The molecular formula is C21H27N2O5P. The predicted molar refractivity (Wildman–Crippen MR) is 107 cm³/mol. The fraction of sp³-hybridized carbons (Fsp3) is 0.381. The molecule has 0 bridgehead atoms. The lowest BCUT2D eigenvalue weighted by Gasteiger charge is -2.33. The third-order valence-electron chi connectivity index (χ3n) is 4.46. The van der Waals surface area contributed by atoms with Crippen molar-refractivity contribution < 1.29 is 28.4 Å². The van der Waals surface area contributed by atoms with Gasteiger partial charge in [0.15, 0.2) is 12.4 Å². The molecule has 0 spiro atoms. The Morgan fingerprint density at radius 2 is 1.93 bits per heavy atom. The van der Waals surface area contributed by atoms with Crippen LogP contribution in [0.15, 0.2) is 54.9 Å². The standard InChI is InChI=1S/C21H27N2O5P/c1-3-28-20(24)12-11-19(22-21(25)18-10-7-14-23(2)16-18)29(26,27)15-13-17-8-5-4-6-9-17/h4-10,14,16,19H,3,11-13,15H2,1-2H3,(H-,22,25,26,27). The molecule has 29 heavy (non-hydrogen) atoms. The van der Waals surface area contributed by atoms with E-state index in [1.54, 1.807) is 43.1 Å². The lowest BCUT2D eigenvalue weighted by molar-refractivity contribution is -0.671. The van der Waals surface area contributed by atoms with E-state index in [0.717, 1.165) is 5.56 Å². The number of ether oxygens (including phenoxy) is 1. The van der Waals surface area contributed by atoms with E-state index in [2.05, 4.69) is 5.32 Å². The summed E-state index contributed by atoms with van der Waals surface area (Å²) in [5.74, 6) is -2.12. The molecule has 2 unspecified atom stereocenters. The topological polar surface area (TPSA) is 99.4 Å². The molecule has 1 amide bonds. The predicted octanol–water partition coefficient (Wildman–Crippen LogP) is 1.79. The van der Waals surface area contributed by atoms with Gasteiger partial charge in [0.05, 0.1) is 12.4 Å². The van der Waals surface area contributed by atoms with Crippen LogP contribution < -0.4 is 14.8 Å². The highest BCUT2D eigenvalue weighted by molar-refractivity contribution is 7.57. The van der Waals surface area contributed by atoms with Crippen molar-refractivity contribution in [1.29, 1.82) is 0 Å². The Morgan fingerprint density at radius 3 is 2.59 bits per heavy atom. The minimum Gasteiger partial charge on any atom is -0.798 e. The summed E-state index contributed by atoms with van der Waals surface area (Å²) in [6.07, 6.45) is 3.50. The van der Waals surface area contributed by atoms with Gasteiger partial charge in [-0.3, -0.25) is 9.59 Å². The summed E-state index contributed by atoms with van der Waals surface area (Å²) in [6.45, 7) is 1.91. The molecule has 7 nitrogen and oxygen atoms in total. The fourth-order valence-electron chi connectivity index (χ4n) is 2.90. The Hall–Kier alpha value is -2.50. The number of hydrogen-bond donors (Lipinski definition) is 1. The number of hydrogen-bond acceptors (Lipinski definition) is 5. The number of nitrogens with one attached hydrogen (secondary N) is 1. The van der Waals surface area contributed by atoms with Gasteiger partial charge in [0.2, 0.25) is 0 Å². The molecule has 1 heterocycles. The number of rotatable bonds is 10. The average Bonchev–Trinajstić information content (AvgIpc) is 2.70. The molecule has 2 aromatic rings. The summed E-state index contributed by atoms with van der Waals surface area (Å²) in [5.41, 5.74) is 1.24. The van der Waals surface area contributed by atoms with Crippen molar-refractivity contribution in [1.82, 2.24) is 5.32 Å². The summed E-state index contributed by atoms with van der Waals surface area (Å²) in [7, 11) is -2.25. The molecule has 1 N–H and O–H groups in total. The monoisotopic (exact) mass is 418 g/mol. The maximum atomic E-state index is 13.0. The molecular weight excluding hydrogens is 391 g/mol. The summed E-state index contributed by atoms with van der Waals surface area (Å²) >= 11 is 0. The lowest BCUT2D eigenvalue weighted by Crippen LogP contribution is -2.40. The van der Waals surface area contributed by atoms with Crippen molar-refractivity contribution in [2.45, 2.75) is 32.0 Å². The first kappa shape index (κ1) is 22.8. The molecule has 8 heteroatoms. The van der Waals surface area contributed by atoms with Gasteiger partial charge >= 0.3 is 5.97 Å². The van der Waals surface area contributed by atoms with E-state index in [9.17, 15) is 19.0 Å². The number of nitrogens with zero attached hydrogens (tertiary/aromatic N) is 1. The van der Waals surface area contributed by atoms with Crippen LogP contribution in [0.25, 0.3) is 0 Å². The second-order valence-corrected chi connectivity index (χ2v) is 9.30. The van der Waals surface area contributed by atoms with Crippen LogP contribution in [0, 0.1) is 0 Å². The van der Waals surface area contributed by atoms with Crippen LogP contribution in [-0.2, 0) is 27.6 Å². The molecule has 0 aliphatic rings.